The topological polar surface area (TPSA) is 124 Å². The minimum atomic E-state index is -5.08. The van der Waals surface area contributed by atoms with Gasteiger partial charge in [-0.2, -0.15) is 17.6 Å². The maximum absolute atomic E-state index is 15.7. The molecule has 3 aromatic rings. The second kappa shape index (κ2) is 10.6. The number of imidazole rings is 1. The van der Waals surface area contributed by atoms with Crippen molar-refractivity contribution < 1.29 is 46.5 Å². The molecular formula is C26H28F4N4O6. The Bertz CT molecular complexity index is 1430. The van der Waals surface area contributed by atoms with Gasteiger partial charge in [0.2, 0.25) is 11.7 Å². The summed E-state index contributed by atoms with van der Waals surface area (Å²) in [5.41, 5.74) is 1.10. The van der Waals surface area contributed by atoms with E-state index in [9.17, 15) is 18.0 Å². The van der Waals surface area contributed by atoms with Crippen LogP contribution in [-0.2, 0) is 14.9 Å². The number of pyridine rings is 2. The van der Waals surface area contributed by atoms with Crippen LogP contribution in [0.1, 0.15) is 56.1 Å². The van der Waals surface area contributed by atoms with Crippen LogP contribution in [0, 0.1) is 5.82 Å². The molecule has 2 aliphatic heterocycles. The molecule has 0 radical (unpaired) electrons. The number of amides is 1. The van der Waals surface area contributed by atoms with Crippen molar-refractivity contribution in [1.29, 1.82) is 0 Å². The highest BCUT2D eigenvalue weighted by Crippen LogP contribution is 2.58. The normalized spacial score (nSPS) is 22.1. The van der Waals surface area contributed by atoms with E-state index in [0.717, 1.165) is 18.5 Å². The first-order valence-electron chi connectivity index (χ1n) is 12.3. The first-order chi connectivity index (χ1) is 18.7. The number of anilines is 1. The van der Waals surface area contributed by atoms with Gasteiger partial charge >= 0.3 is 12.1 Å². The molecule has 1 saturated carbocycles. The van der Waals surface area contributed by atoms with Crippen LogP contribution in [0.3, 0.4) is 0 Å². The molecule has 1 aliphatic carbocycles. The highest BCUT2D eigenvalue weighted by Gasteiger charge is 2.61. The number of aliphatic carboxylic acids is 1. The van der Waals surface area contributed by atoms with Crippen LogP contribution in [0.15, 0.2) is 30.7 Å². The third kappa shape index (κ3) is 5.53. The van der Waals surface area contributed by atoms with Gasteiger partial charge in [0.05, 0.1) is 31.1 Å². The Morgan fingerprint density at radius 2 is 1.98 bits per heavy atom. The molecule has 5 heterocycles. The Kier molecular flexibility index (Phi) is 7.67. The number of aromatic nitrogens is 3. The quantitative estimate of drug-likeness (QED) is 0.391. The Hall–Kier alpha value is -3.94. The van der Waals surface area contributed by atoms with E-state index >= 15 is 4.39 Å². The van der Waals surface area contributed by atoms with E-state index in [0.29, 0.717) is 13.0 Å². The number of carboxylic acid groups (broad SMARTS) is 1. The van der Waals surface area contributed by atoms with E-state index in [1.54, 1.807) is 22.7 Å². The second-order valence-corrected chi connectivity index (χ2v) is 10.1. The van der Waals surface area contributed by atoms with Crippen LogP contribution in [0.2, 0.25) is 0 Å². The predicted molar refractivity (Wildman–Crippen MR) is 133 cm³/mol. The molecule has 2 saturated heterocycles. The van der Waals surface area contributed by atoms with Gasteiger partial charge in [-0.05, 0) is 45.2 Å². The van der Waals surface area contributed by atoms with E-state index in [1.165, 1.54) is 13.3 Å². The van der Waals surface area contributed by atoms with Crippen molar-refractivity contribution in [2.24, 2.45) is 0 Å². The number of nitrogens with one attached hydrogen (secondary N) is 1. The molecule has 1 amide bonds. The lowest BCUT2D eigenvalue weighted by Gasteiger charge is -2.41. The van der Waals surface area contributed by atoms with E-state index in [2.05, 4.69) is 22.2 Å². The summed E-state index contributed by atoms with van der Waals surface area (Å²) < 4.78 is 66.0. The lowest BCUT2D eigenvalue weighted by Crippen LogP contribution is -2.45. The van der Waals surface area contributed by atoms with Gasteiger partial charge in [0.25, 0.3) is 5.91 Å². The average molecular weight is 569 g/mol. The molecule has 3 aliphatic rings. The number of hydrogen-bond acceptors (Lipinski definition) is 7. The third-order valence-electron chi connectivity index (χ3n) is 6.90. The number of carbonyl (C=O) groups excluding carboxylic acids is 1. The minimum Gasteiger partial charge on any atom is -0.485 e. The van der Waals surface area contributed by atoms with Crippen molar-refractivity contribution in [2.45, 2.75) is 63.3 Å². The lowest BCUT2D eigenvalue weighted by molar-refractivity contribution is -0.192. The zero-order chi connectivity index (χ0) is 29.5. The molecule has 216 valence electrons. The number of rotatable bonds is 7. The van der Waals surface area contributed by atoms with Gasteiger partial charge in [-0.3, -0.25) is 4.79 Å². The van der Waals surface area contributed by atoms with Gasteiger partial charge in [0.15, 0.2) is 11.4 Å². The number of nitrogens with zero attached hydrogens (tertiary/aromatic N) is 3. The highest BCUT2D eigenvalue weighted by atomic mass is 19.4. The first kappa shape index (κ1) is 29.1. The van der Waals surface area contributed by atoms with Gasteiger partial charge in [0, 0.05) is 24.0 Å². The fourth-order valence-corrected chi connectivity index (χ4v) is 4.88. The fourth-order valence-electron chi connectivity index (χ4n) is 4.88. The van der Waals surface area contributed by atoms with Gasteiger partial charge in [-0.15, -0.1) is 0 Å². The monoisotopic (exact) mass is 568 g/mol. The summed E-state index contributed by atoms with van der Waals surface area (Å²) >= 11 is 0. The first-order valence-corrected chi connectivity index (χ1v) is 12.3. The van der Waals surface area contributed by atoms with Gasteiger partial charge in [-0.25, -0.2) is 14.8 Å². The number of carboxylic acids is 1. The van der Waals surface area contributed by atoms with Crippen LogP contribution >= 0.6 is 0 Å². The van der Waals surface area contributed by atoms with Gasteiger partial charge in [0.1, 0.15) is 11.3 Å². The Balaban J connectivity index is 0.000000470. The zero-order valence-corrected chi connectivity index (χ0v) is 22.1. The van der Waals surface area contributed by atoms with Crippen LogP contribution in [0.4, 0.5) is 23.2 Å². The summed E-state index contributed by atoms with van der Waals surface area (Å²) in [6.07, 6.45) is 2.06. The zero-order valence-electron chi connectivity index (χ0n) is 22.1. The fraction of sp³-hybridized carbons (Fsp3) is 0.462. The number of alkyl halides is 3. The Morgan fingerprint density at radius 1 is 1.30 bits per heavy atom. The molecule has 14 heteroatoms. The molecule has 1 unspecified atom stereocenters. The number of fused-ring (bicyclic) bond motifs is 2. The molecule has 2 bridgehead atoms. The number of ether oxygens (including phenoxy) is 3. The van der Waals surface area contributed by atoms with Crippen molar-refractivity contribution in [2.75, 3.05) is 19.0 Å². The van der Waals surface area contributed by atoms with E-state index in [-0.39, 0.29) is 45.6 Å². The van der Waals surface area contributed by atoms with Crippen molar-refractivity contribution in [3.05, 3.63) is 47.8 Å². The standard InChI is InChI=1S/C24H27FN4O4.C2HF3O2/c1-5-14(2)33-19-16(27-21(30)15-7-6-8-26-22(15)31-4)9-29-10-17(28-20(29)18(19)25)24-11-23(3,12-24)32-13-24;3-2(4,5)1(6)7/h6-10,14H,5,11-13H2,1-4H3,(H,27,30);(H,6,7). The predicted octanol–water partition coefficient (Wildman–Crippen LogP) is 4.76. The number of halogens is 4. The molecule has 3 aromatic heterocycles. The van der Waals surface area contributed by atoms with E-state index in [1.807, 2.05) is 20.0 Å². The van der Waals surface area contributed by atoms with Crippen molar-refractivity contribution in [3.8, 4) is 11.6 Å². The summed E-state index contributed by atoms with van der Waals surface area (Å²) in [5.74, 6) is -3.71. The maximum atomic E-state index is 15.7. The molecule has 40 heavy (non-hydrogen) atoms. The van der Waals surface area contributed by atoms with Crippen molar-refractivity contribution >= 4 is 23.2 Å². The third-order valence-corrected chi connectivity index (χ3v) is 6.90. The van der Waals surface area contributed by atoms with Crippen molar-refractivity contribution in [3.63, 3.8) is 0 Å². The molecule has 1 atom stereocenters. The van der Waals surface area contributed by atoms with Gasteiger partial charge in [-0.1, -0.05) is 6.92 Å². The molecule has 0 aromatic carbocycles. The summed E-state index contributed by atoms with van der Waals surface area (Å²) in [4.78, 5) is 30.6. The molecule has 2 N–H and O–H groups in total. The summed E-state index contributed by atoms with van der Waals surface area (Å²) in [5, 5.41) is 9.90. The molecule has 6 rings (SSSR count). The van der Waals surface area contributed by atoms with Gasteiger partial charge < -0.3 is 29.0 Å². The smallest absolute Gasteiger partial charge is 0.485 e. The molecule has 10 nitrogen and oxygen atoms in total. The number of carbonyl (C=O) groups is 2. The second-order valence-electron chi connectivity index (χ2n) is 10.1. The largest absolute Gasteiger partial charge is 0.490 e. The van der Waals surface area contributed by atoms with E-state index < -0.39 is 23.9 Å². The van der Waals surface area contributed by atoms with Crippen LogP contribution < -0.4 is 14.8 Å². The molecular weight excluding hydrogens is 540 g/mol. The molecule has 3 fully saturated rings. The maximum Gasteiger partial charge on any atom is 0.490 e. The minimum absolute atomic E-state index is 0.0381. The SMILES string of the molecule is CCC(C)Oc1c(NC(=O)c2cccnc2OC)cn2cc(C34COC(C)(C3)C4)nc2c1F.O=C(O)C(F)(F)F. The lowest BCUT2D eigenvalue weighted by atomic mass is 9.62. The number of hydrogen-bond donors (Lipinski definition) is 2. The van der Waals surface area contributed by atoms with Crippen LogP contribution in [0.5, 0.6) is 11.6 Å². The summed E-state index contributed by atoms with van der Waals surface area (Å²) in [7, 11) is 1.44. The van der Waals surface area contributed by atoms with E-state index in [4.69, 9.17) is 24.1 Å². The Labute approximate surface area is 226 Å². The summed E-state index contributed by atoms with van der Waals surface area (Å²) in [6, 6.07) is 3.22. The van der Waals surface area contributed by atoms with Crippen molar-refractivity contribution in [1.82, 2.24) is 14.4 Å². The summed E-state index contributed by atoms with van der Waals surface area (Å²) in [6.45, 7) is 6.46. The average Bonchev–Trinajstić information content (AvgIpc) is 3.57. The Morgan fingerprint density at radius 3 is 2.52 bits per heavy atom. The van der Waals surface area contributed by atoms with Crippen LogP contribution in [0.25, 0.3) is 5.65 Å². The number of methoxy groups -OCH3 is 1. The molecule has 0 spiro atoms. The van der Waals surface area contributed by atoms with Crippen LogP contribution in [-0.4, -0.2) is 62.9 Å². The highest BCUT2D eigenvalue weighted by molar-refractivity contribution is 6.06.